The molecule has 0 bridgehead atoms. The van der Waals surface area contributed by atoms with Crippen molar-refractivity contribution in [2.45, 2.75) is 20.8 Å². The Morgan fingerprint density at radius 3 is 2.86 bits per heavy atom. The van der Waals surface area contributed by atoms with Gasteiger partial charge in [-0.3, -0.25) is 0 Å². The molecular weight excluding hydrogens is 192 g/mol. The molecule has 2 rings (SSSR count). The summed E-state index contributed by atoms with van der Waals surface area (Å²) in [6.45, 7) is 7.27. The molecule has 1 aromatic heterocycles. The summed E-state index contributed by atoms with van der Waals surface area (Å²) in [5, 5.41) is 4.28. The van der Waals surface area contributed by atoms with Gasteiger partial charge in [-0.1, -0.05) is 17.4 Å². The van der Waals surface area contributed by atoms with Crippen molar-refractivity contribution in [3.8, 4) is 0 Å². The fourth-order valence-electron chi connectivity index (χ4n) is 1.45. The quantitative estimate of drug-likeness (QED) is 0.815. The highest BCUT2D eigenvalue weighted by molar-refractivity contribution is 7.22. The molecular formula is C11H14N2S. The summed E-state index contributed by atoms with van der Waals surface area (Å²) in [5.74, 6) is 0. The maximum absolute atomic E-state index is 4.57. The molecule has 0 fully saturated rings. The molecule has 14 heavy (non-hydrogen) atoms. The van der Waals surface area contributed by atoms with Crippen LogP contribution in [0.1, 0.15) is 18.1 Å². The van der Waals surface area contributed by atoms with E-state index in [4.69, 9.17) is 0 Å². The van der Waals surface area contributed by atoms with Crippen LogP contribution in [0.15, 0.2) is 12.1 Å². The summed E-state index contributed by atoms with van der Waals surface area (Å²) in [6.07, 6.45) is 0. The van der Waals surface area contributed by atoms with E-state index in [0.717, 1.165) is 17.2 Å². The second-order valence-corrected chi connectivity index (χ2v) is 4.43. The van der Waals surface area contributed by atoms with Crippen molar-refractivity contribution in [2.24, 2.45) is 0 Å². The molecule has 0 saturated carbocycles. The zero-order chi connectivity index (χ0) is 10.1. The van der Waals surface area contributed by atoms with E-state index < -0.39 is 0 Å². The number of thiazole rings is 1. The van der Waals surface area contributed by atoms with Gasteiger partial charge in [0.15, 0.2) is 5.13 Å². The van der Waals surface area contributed by atoms with Gasteiger partial charge < -0.3 is 5.32 Å². The van der Waals surface area contributed by atoms with E-state index >= 15 is 0 Å². The lowest BCUT2D eigenvalue weighted by atomic mass is 10.1. The Kier molecular flexibility index (Phi) is 2.42. The van der Waals surface area contributed by atoms with Crippen LogP contribution in [0.4, 0.5) is 5.13 Å². The third kappa shape index (κ3) is 1.48. The molecule has 74 valence electrons. The van der Waals surface area contributed by atoms with E-state index in [1.807, 2.05) is 0 Å². The second kappa shape index (κ2) is 3.58. The summed E-state index contributed by atoms with van der Waals surface area (Å²) in [6, 6.07) is 4.31. The van der Waals surface area contributed by atoms with Crippen LogP contribution >= 0.6 is 11.3 Å². The second-order valence-electron chi connectivity index (χ2n) is 3.40. The lowest BCUT2D eigenvalue weighted by Gasteiger charge is -1.98. The average molecular weight is 206 g/mol. The molecule has 3 heteroatoms. The molecule has 0 radical (unpaired) electrons. The molecule has 0 spiro atoms. The van der Waals surface area contributed by atoms with Gasteiger partial charge in [0.1, 0.15) is 0 Å². The average Bonchev–Trinajstić information content (AvgIpc) is 2.56. The third-order valence-electron chi connectivity index (χ3n) is 2.41. The molecule has 0 unspecified atom stereocenters. The van der Waals surface area contributed by atoms with Crippen molar-refractivity contribution in [2.75, 3.05) is 11.9 Å². The number of nitrogens with zero attached hydrogens (tertiary/aromatic N) is 1. The Hall–Kier alpha value is -1.09. The monoisotopic (exact) mass is 206 g/mol. The molecule has 0 aliphatic carbocycles. The molecule has 0 amide bonds. The number of anilines is 1. The maximum Gasteiger partial charge on any atom is 0.183 e. The zero-order valence-electron chi connectivity index (χ0n) is 8.72. The van der Waals surface area contributed by atoms with Gasteiger partial charge in [0.2, 0.25) is 0 Å². The Balaban J connectivity index is 2.59. The fourth-order valence-corrected chi connectivity index (χ4v) is 2.45. The van der Waals surface area contributed by atoms with Gasteiger partial charge in [0.25, 0.3) is 0 Å². The van der Waals surface area contributed by atoms with Crippen molar-refractivity contribution in [3.63, 3.8) is 0 Å². The summed E-state index contributed by atoms with van der Waals surface area (Å²) in [5.41, 5.74) is 3.75. The van der Waals surface area contributed by atoms with Gasteiger partial charge >= 0.3 is 0 Å². The summed E-state index contributed by atoms with van der Waals surface area (Å²) >= 11 is 1.72. The van der Waals surface area contributed by atoms with Crippen LogP contribution in [0.5, 0.6) is 0 Å². The highest BCUT2D eigenvalue weighted by Crippen LogP contribution is 2.29. The summed E-state index contributed by atoms with van der Waals surface area (Å²) in [7, 11) is 0. The zero-order valence-corrected chi connectivity index (χ0v) is 9.53. The molecule has 2 aromatic rings. The number of rotatable bonds is 2. The van der Waals surface area contributed by atoms with E-state index in [1.54, 1.807) is 11.3 Å². The molecule has 2 nitrogen and oxygen atoms in total. The number of hydrogen-bond donors (Lipinski definition) is 1. The highest BCUT2D eigenvalue weighted by Gasteiger charge is 2.06. The Morgan fingerprint density at radius 1 is 1.36 bits per heavy atom. The predicted molar refractivity (Wildman–Crippen MR) is 63.3 cm³/mol. The van der Waals surface area contributed by atoms with E-state index in [2.05, 4.69) is 43.2 Å². The number of nitrogens with one attached hydrogen (secondary N) is 1. The van der Waals surface area contributed by atoms with Gasteiger partial charge in [-0.2, -0.15) is 0 Å². The number of aromatic nitrogens is 1. The van der Waals surface area contributed by atoms with Gasteiger partial charge in [-0.15, -0.1) is 0 Å². The minimum Gasteiger partial charge on any atom is -0.362 e. The molecule has 1 N–H and O–H groups in total. The first-order valence-electron chi connectivity index (χ1n) is 4.83. The van der Waals surface area contributed by atoms with Crippen molar-refractivity contribution < 1.29 is 0 Å². The first kappa shape index (κ1) is 9.46. The summed E-state index contributed by atoms with van der Waals surface area (Å²) in [4.78, 5) is 4.57. The first-order chi connectivity index (χ1) is 6.72. The molecule has 1 heterocycles. The molecule has 0 aliphatic rings. The maximum atomic E-state index is 4.57. The van der Waals surface area contributed by atoms with E-state index in [-0.39, 0.29) is 0 Å². The molecule has 0 saturated heterocycles. The number of fused-ring (bicyclic) bond motifs is 1. The van der Waals surface area contributed by atoms with E-state index in [9.17, 15) is 0 Å². The Morgan fingerprint density at radius 2 is 2.14 bits per heavy atom. The lowest BCUT2D eigenvalue weighted by molar-refractivity contribution is 1.19. The largest absolute Gasteiger partial charge is 0.362 e. The van der Waals surface area contributed by atoms with Crippen molar-refractivity contribution >= 4 is 26.7 Å². The van der Waals surface area contributed by atoms with Crippen LogP contribution in [-0.4, -0.2) is 11.5 Å². The van der Waals surface area contributed by atoms with Crippen LogP contribution in [0.2, 0.25) is 0 Å². The predicted octanol–water partition coefficient (Wildman–Crippen LogP) is 3.34. The van der Waals surface area contributed by atoms with Crippen LogP contribution in [0.25, 0.3) is 10.2 Å². The highest BCUT2D eigenvalue weighted by atomic mass is 32.1. The number of hydrogen-bond acceptors (Lipinski definition) is 3. The van der Waals surface area contributed by atoms with Crippen molar-refractivity contribution in [1.82, 2.24) is 4.98 Å². The molecule has 1 aromatic carbocycles. The van der Waals surface area contributed by atoms with Crippen molar-refractivity contribution in [3.05, 3.63) is 23.3 Å². The van der Waals surface area contributed by atoms with E-state index in [1.165, 1.54) is 15.8 Å². The topological polar surface area (TPSA) is 24.9 Å². The minimum absolute atomic E-state index is 0.928. The van der Waals surface area contributed by atoms with Crippen LogP contribution in [0, 0.1) is 13.8 Å². The van der Waals surface area contributed by atoms with E-state index in [0.29, 0.717) is 0 Å². The molecule has 0 atom stereocenters. The minimum atomic E-state index is 0.928. The first-order valence-corrected chi connectivity index (χ1v) is 5.64. The molecule has 0 aliphatic heterocycles. The van der Waals surface area contributed by atoms with Crippen LogP contribution in [-0.2, 0) is 0 Å². The standard InChI is InChI=1S/C11H14N2S/c1-4-12-11-13-10-8(3)7(2)5-6-9(10)14-11/h5-6H,4H2,1-3H3,(H,12,13). The SMILES string of the molecule is CCNc1nc2c(C)c(C)ccc2s1. The fraction of sp³-hybridized carbons (Fsp3) is 0.364. The summed E-state index contributed by atoms with van der Waals surface area (Å²) < 4.78 is 1.27. The van der Waals surface area contributed by atoms with Gasteiger partial charge in [-0.05, 0) is 38.0 Å². The number of benzene rings is 1. The Bertz CT molecular complexity index is 460. The number of aryl methyl sites for hydroxylation is 2. The van der Waals surface area contributed by atoms with Crippen molar-refractivity contribution in [1.29, 1.82) is 0 Å². The third-order valence-corrected chi connectivity index (χ3v) is 3.39. The van der Waals surface area contributed by atoms with Gasteiger partial charge in [-0.25, -0.2) is 4.98 Å². The van der Waals surface area contributed by atoms with Gasteiger partial charge in [0, 0.05) is 6.54 Å². The lowest BCUT2D eigenvalue weighted by Crippen LogP contribution is -1.94. The smallest absolute Gasteiger partial charge is 0.183 e. The van der Waals surface area contributed by atoms with Gasteiger partial charge in [0.05, 0.1) is 10.2 Å². The van der Waals surface area contributed by atoms with Crippen LogP contribution < -0.4 is 5.32 Å². The normalized spacial score (nSPS) is 10.8. The Labute approximate surface area is 88.0 Å². The van der Waals surface area contributed by atoms with Crippen LogP contribution in [0.3, 0.4) is 0 Å².